The van der Waals surface area contributed by atoms with Gasteiger partial charge in [0.1, 0.15) is 5.75 Å². The van der Waals surface area contributed by atoms with Gasteiger partial charge in [0.05, 0.1) is 38.9 Å². The highest BCUT2D eigenvalue weighted by molar-refractivity contribution is 7.16. The molecule has 0 saturated heterocycles. The molecule has 39 heavy (non-hydrogen) atoms. The van der Waals surface area contributed by atoms with E-state index in [1.807, 2.05) is 18.2 Å². The van der Waals surface area contributed by atoms with Crippen LogP contribution in [0.2, 0.25) is 0 Å². The average Bonchev–Trinajstić information content (AvgIpc) is 3.26. The van der Waals surface area contributed by atoms with Gasteiger partial charge in [-0.2, -0.15) is 5.10 Å². The van der Waals surface area contributed by atoms with Crippen LogP contribution in [0, 0.1) is 27.2 Å². The van der Waals surface area contributed by atoms with Crippen LogP contribution in [0.4, 0.5) is 11.4 Å². The standard InChI is InChI=1S/C28H21N5O5S/c1-19-7-13-24-27(15-19)39-28(31(24)18-21-5-3-2-4-6-21)30-29-17-20-8-11-23(12-9-20)38-26-14-10-22(32(34)35)16-25(26)33(36)37/h2-17H,18H2,1H3/b29-17+,30-28-. The second kappa shape index (κ2) is 11.1. The van der Waals surface area contributed by atoms with Crippen molar-refractivity contribution in [1.29, 1.82) is 0 Å². The van der Waals surface area contributed by atoms with Gasteiger partial charge in [-0.05, 0) is 66.1 Å². The Balaban J connectivity index is 1.38. The fraction of sp³-hybridized carbons (Fsp3) is 0.0714. The van der Waals surface area contributed by atoms with Gasteiger partial charge in [0.2, 0.25) is 10.6 Å². The maximum atomic E-state index is 11.4. The Morgan fingerprint density at radius 2 is 1.69 bits per heavy atom. The molecular weight excluding hydrogens is 518 g/mol. The van der Waals surface area contributed by atoms with E-state index in [4.69, 9.17) is 4.74 Å². The first-order chi connectivity index (χ1) is 18.9. The summed E-state index contributed by atoms with van der Waals surface area (Å²) in [5.74, 6) is 0.242. The largest absolute Gasteiger partial charge is 0.450 e. The molecule has 0 saturated carbocycles. The van der Waals surface area contributed by atoms with Crippen LogP contribution < -0.4 is 9.54 Å². The van der Waals surface area contributed by atoms with Gasteiger partial charge in [0, 0.05) is 6.07 Å². The zero-order valence-corrected chi connectivity index (χ0v) is 21.4. The molecule has 5 rings (SSSR count). The van der Waals surface area contributed by atoms with Crippen molar-refractivity contribution in [3.63, 3.8) is 0 Å². The van der Waals surface area contributed by atoms with E-state index in [0.29, 0.717) is 12.3 Å². The zero-order valence-electron chi connectivity index (χ0n) is 20.6. The molecule has 0 aliphatic rings. The number of aryl methyl sites for hydroxylation is 1. The smallest absolute Gasteiger partial charge is 0.318 e. The third-order valence-electron chi connectivity index (χ3n) is 5.83. The lowest BCUT2D eigenvalue weighted by Gasteiger charge is -2.06. The number of benzene rings is 4. The molecule has 0 N–H and O–H groups in total. The van der Waals surface area contributed by atoms with Crippen LogP contribution in [0.5, 0.6) is 11.5 Å². The monoisotopic (exact) mass is 539 g/mol. The van der Waals surface area contributed by atoms with Crippen molar-refractivity contribution in [2.45, 2.75) is 13.5 Å². The van der Waals surface area contributed by atoms with Gasteiger partial charge in [-0.15, -0.1) is 5.10 Å². The van der Waals surface area contributed by atoms with Crippen molar-refractivity contribution < 1.29 is 14.6 Å². The van der Waals surface area contributed by atoms with Crippen LogP contribution >= 0.6 is 11.3 Å². The number of hydrogen-bond acceptors (Lipinski definition) is 8. The molecule has 10 nitrogen and oxygen atoms in total. The lowest BCUT2D eigenvalue weighted by Crippen LogP contribution is -2.15. The number of thiazole rings is 1. The van der Waals surface area contributed by atoms with Crippen LogP contribution in [-0.4, -0.2) is 20.6 Å². The predicted molar refractivity (Wildman–Crippen MR) is 150 cm³/mol. The quantitative estimate of drug-likeness (QED) is 0.125. The highest BCUT2D eigenvalue weighted by atomic mass is 32.1. The number of nitro groups is 2. The molecule has 0 radical (unpaired) electrons. The number of ether oxygens (including phenoxy) is 1. The fourth-order valence-corrected chi connectivity index (χ4v) is 5.00. The molecule has 0 unspecified atom stereocenters. The molecule has 1 heterocycles. The second-order valence-electron chi connectivity index (χ2n) is 8.61. The van der Waals surface area contributed by atoms with Crippen molar-refractivity contribution in [2.75, 3.05) is 0 Å². The highest BCUT2D eigenvalue weighted by Gasteiger charge is 2.21. The molecule has 0 bridgehead atoms. The summed E-state index contributed by atoms with van der Waals surface area (Å²) in [7, 11) is 0. The summed E-state index contributed by atoms with van der Waals surface area (Å²) in [6.07, 6.45) is 1.61. The Morgan fingerprint density at radius 3 is 2.41 bits per heavy atom. The van der Waals surface area contributed by atoms with Crippen molar-refractivity contribution in [1.82, 2.24) is 4.57 Å². The maximum Gasteiger partial charge on any atom is 0.318 e. The SMILES string of the molecule is Cc1ccc2c(c1)s/c(=N\N=C\c1ccc(Oc3ccc([N+](=O)[O-])cc3[N+](=O)[O-])cc1)n2Cc1ccccc1. The number of rotatable bonds is 8. The second-order valence-corrected chi connectivity index (χ2v) is 9.62. The van der Waals surface area contributed by atoms with Crippen LogP contribution in [0.3, 0.4) is 0 Å². The molecule has 0 spiro atoms. The van der Waals surface area contributed by atoms with E-state index in [9.17, 15) is 20.2 Å². The van der Waals surface area contributed by atoms with E-state index in [-0.39, 0.29) is 11.4 Å². The van der Waals surface area contributed by atoms with E-state index in [1.165, 1.54) is 11.6 Å². The lowest BCUT2D eigenvalue weighted by atomic mass is 10.2. The van der Waals surface area contributed by atoms with Crippen LogP contribution in [-0.2, 0) is 6.54 Å². The Kier molecular flexibility index (Phi) is 7.23. The number of hydrogen-bond donors (Lipinski definition) is 0. The minimum Gasteiger partial charge on any atom is -0.450 e. The molecule has 4 aromatic carbocycles. The minimum absolute atomic E-state index is 0.0926. The van der Waals surface area contributed by atoms with E-state index < -0.39 is 15.5 Å². The Morgan fingerprint density at radius 1 is 0.923 bits per heavy atom. The Hall–Kier alpha value is -5.16. The normalized spacial score (nSPS) is 11.8. The molecule has 194 valence electrons. The minimum atomic E-state index is -0.718. The third kappa shape index (κ3) is 5.89. The molecule has 11 heteroatoms. The van der Waals surface area contributed by atoms with Crippen LogP contribution in [0.25, 0.3) is 10.2 Å². The Labute approximate surface area is 226 Å². The van der Waals surface area contributed by atoms with Crippen LogP contribution in [0.15, 0.2) is 101 Å². The molecule has 0 atom stereocenters. The van der Waals surface area contributed by atoms with Gasteiger partial charge in [0.15, 0.2) is 0 Å². The highest BCUT2D eigenvalue weighted by Crippen LogP contribution is 2.34. The van der Waals surface area contributed by atoms with Gasteiger partial charge in [-0.1, -0.05) is 47.7 Å². The van der Waals surface area contributed by atoms with Gasteiger partial charge in [-0.25, -0.2) is 0 Å². The number of fused-ring (bicyclic) bond motifs is 1. The first-order valence-corrected chi connectivity index (χ1v) is 12.6. The van der Waals surface area contributed by atoms with Crippen molar-refractivity contribution in [2.24, 2.45) is 10.2 Å². The third-order valence-corrected chi connectivity index (χ3v) is 6.86. The van der Waals surface area contributed by atoms with E-state index >= 15 is 0 Å². The van der Waals surface area contributed by atoms with Crippen molar-refractivity contribution >= 4 is 39.1 Å². The summed E-state index contributed by atoms with van der Waals surface area (Å²) in [6.45, 7) is 2.72. The number of aromatic nitrogens is 1. The van der Waals surface area contributed by atoms with Gasteiger partial charge >= 0.3 is 5.69 Å². The molecule has 1 aromatic heterocycles. The summed E-state index contributed by atoms with van der Waals surface area (Å²) >= 11 is 1.57. The van der Waals surface area contributed by atoms with Crippen molar-refractivity contribution in [3.05, 3.63) is 133 Å². The summed E-state index contributed by atoms with van der Waals surface area (Å²) < 4.78 is 8.88. The molecular formula is C28H21N5O5S. The van der Waals surface area contributed by atoms with Gasteiger partial charge in [-0.3, -0.25) is 20.2 Å². The number of non-ortho nitro benzene ring substituents is 1. The summed E-state index contributed by atoms with van der Waals surface area (Å²) in [4.78, 5) is 21.6. The van der Waals surface area contributed by atoms with E-state index in [0.717, 1.165) is 38.3 Å². The molecule has 0 aliphatic carbocycles. The van der Waals surface area contributed by atoms with E-state index in [2.05, 4.69) is 52.0 Å². The first kappa shape index (κ1) is 25.5. The van der Waals surface area contributed by atoms with Crippen molar-refractivity contribution in [3.8, 4) is 11.5 Å². The van der Waals surface area contributed by atoms with Crippen LogP contribution in [0.1, 0.15) is 16.7 Å². The number of nitrogens with zero attached hydrogens (tertiary/aromatic N) is 5. The summed E-state index contributed by atoms with van der Waals surface area (Å²) in [5, 5.41) is 31.1. The molecule has 5 aromatic rings. The topological polar surface area (TPSA) is 125 Å². The zero-order chi connectivity index (χ0) is 27.4. The lowest BCUT2D eigenvalue weighted by molar-refractivity contribution is -0.394. The van der Waals surface area contributed by atoms with Gasteiger partial charge in [0.25, 0.3) is 5.69 Å². The molecule has 0 amide bonds. The Bertz CT molecular complexity index is 1780. The summed E-state index contributed by atoms with van der Waals surface area (Å²) in [5.41, 5.74) is 3.29. The average molecular weight is 540 g/mol. The van der Waals surface area contributed by atoms with E-state index in [1.54, 1.807) is 41.8 Å². The fourth-order valence-electron chi connectivity index (χ4n) is 3.92. The number of nitro benzene ring substituents is 2. The molecule has 0 aliphatic heterocycles. The first-order valence-electron chi connectivity index (χ1n) is 11.8. The molecule has 0 fully saturated rings. The maximum absolute atomic E-state index is 11.4. The van der Waals surface area contributed by atoms with Gasteiger partial charge < -0.3 is 9.30 Å². The predicted octanol–water partition coefficient (Wildman–Crippen LogP) is 6.60. The summed E-state index contributed by atoms with van der Waals surface area (Å²) in [6, 6.07) is 26.4.